The number of rotatable bonds is 4. The van der Waals surface area contributed by atoms with Crippen molar-refractivity contribution in [3.8, 4) is 0 Å². The Morgan fingerprint density at radius 1 is 1.20 bits per heavy atom. The zero-order valence-corrected chi connectivity index (χ0v) is 13.7. The van der Waals surface area contributed by atoms with Crippen LogP contribution in [0.3, 0.4) is 0 Å². The van der Waals surface area contributed by atoms with Gasteiger partial charge in [-0.3, -0.25) is 4.79 Å². The molecule has 25 heavy (non-hydrogen) atoms. The lowest BCUT2D eigenvalue weighted by Gasteiger charge is -2.17. The largest absolute Gasteiger partial charge is 0.351 e. The Hall–Kier alpha value is -2.89. The van der Waals surface area contributed by atoms with Crippen LogP contribution in [0.25, 0.3) is 0 Å². The minimum absolute atomic E-state index is 0.0604. The minimum atomic E-state index is -0.662. The molecule has 1 atom stereocenters. The fraction of sp³-hybridized carbons (Fsp3) is 0.263. The molecule has 3 N–H and O–H groups in total. The first-order valence-electron chi connectivity index (χ1n) is 8.21. The Labute approximate surface area is 145 Å². The van der Waals surface area contributed by atoms with E-state index in [1.165, 1.54) is 12.1 Å². The molecule has 1 saturated heterocycles. The summed E-state index contributed by atoms with van der Waals surface area (Å²) in [5.41, 5.74) is 7.20. The third-order valence-corrected chi connectivity index (χ3v) is 4.39. The molecule has 0 saturated carbocycles. The van der Waals surface area contributed by atoms with Crippen molar-refractivity contribution in [1.82, 2.24) is 4.90 Å². The Kier molecular flexibility index (Phi) is 4.97. The van der Waals surface area contributed by atoms with E-state index >= 15 is 0 Å². The third kappa shape index (κ3) is 4.35. The van der Waals surface area contributed by atoms with Gasteiger partial charge in [-0.2, -0.15) is 0 Å². The fourth-order valence-electron chi connectivity index (χ4n) is 3.19. The van der Waals surface area contributed by atoms with Crippen LogP contribution >= 0.6 is 0 Å². The molecule has 1 aliphatic heterocycles. The van der Waals surface area contributed by atoms with E-state index in [0.29, 0.717) is 30.3 Å². The molecule has 1 unspecified atom stereocenters. The van der Waals surface area contributed by atoms with Crippen LogP contribution in [0, 0.1) is 11.7 Å². The topological polar surface area (TPSA) is 75.4 Å². The first kappa shape index (κ1) is 17.0. The Morgan fingerprint density at radius 2 is 1.96 bits per heavy atom. The van der Waals surface area contributed by atoms with Gasteiger partial charge in [0, 0.05) is 24.3 Å². The first-order chi connectivity index (χ1) is 12.0. The highest BCUT2D eigenvalue weighted by Crippen LogP contribution is 2.23. The maximum absolute atomic E-state index is 13.0. The molecule has 2 aromatic rings. The number of carbonyl (C=O) groups excluding carboxylic acids is 2. The Balaban J connectivity index is 1.62. The molecular formula is C19H20FN3O2. The maximum Gasteiger partial charge on any atom is 0.316 e. The second kappa shape index (κ2) is 7.34. The van der Waals surface area contributed by atoms with Crippen LogP contribution < -0.4 is 11.1 Å². The van der Waals surface area contributed by atoms with Crippen LogP contribution in [0.2, 0.25) is 0 Å². The molecule has 1 fully saturated rings. The van der Waals surface area contributed by atoms with Crippen molar-refractivity contribution in [2.45, 2.75) is 12.8 Å². The van der Waals surface area contributed by atoms with Gasteiger partial charge in [0.05, 0.1) is 0 Å². The Morgan fingerprint density at radius 3 is 2.68 bits per heavy atom. The number of urea groups is 1. The van der Waals surface area contributed by atoms with Gasteiger partial charge in [0.2, 0.25) is 0 Å². The van der Waals surface area contributed by atoms with Crippen LogP contribution in [0.1, 0.15) is 22.3 Å². The van der Waals surface area contributed by atoms with Crippen LogP contribution in [-0.2, 0) is 6.42 Å². The zero-order chi connectivity index (χ0) is 17.8. The Bertz CT molecular complexity index is 776. The predicted octanol–water partition coefficient (Wildman–Crippen LogP) is 3.02. The van der Waals surface area contributed by atoms with Crippen molar-refractivity contribution in [1.29, 1.82) is 0 Å². The van der Waals surface area contributed by atoms with Crippen molar-refractivity contribution in [2.24, 2.45) is 11.7 Å². The molecule has 6 heteroatoms. The van der Waals surface area contributed by atoms with Crippen LogP contribution in [0.4, 0.5) is 14.9 Å². The number of anilines is 1. The number of likely N-dealkylation sites (tertiary alicyclic amines) is 1. The van der Waals surface area contributed by atoms with E-state index in [1.54, 1.807) is 36.4 Å². The van der Waals surface area contributed by atoms with E-state index in [0.717, 1.165) is 18.4 Å². The van der Waals surface area contributed by atoms with E-state index in [2.05, 4.69) is 5.32 Å². The van der Waals surface area contributed by atoms with Crippen LogP contribution in [0.15, 0.2) is 48.5 Å². The van der Waals surface area contributed by atoms with Gasteiger partial charge < -0.3 is 16.0 Å². The smallest absolute Gasteiger partial charge is 0.316 e. The van der Waals surface area contributed by atoms with Gasteiger partial charge in [-0.25, -0.2) is 9.18 Å². The summed E-state index contributed by atoms with van der Waals surface area (Å²) in [5, 5.41) is 2.47. The summed E-state index contributed by atoms with van der Waals surface area (Å²) >= 11 is 0. The molecule has 0 aliphatic carbocycles. The number of halogens is 1. The molecular weight excluding hydrogens is 321 g/mol. The van der Waals surface area contributed by atoms with E-state index < -0.39 is 6.03 Å². The summed E-state index contributed by atoms with van der Waals surface area (Å²) in [4.78, 5) is 25.4. The number of hydrogen-bond donors (Lipinski definition) is 2. The molecule has 5 nitrogen and oxygen atoms in total. The predicted molar refractivity (Wildman–Crippen MR) is 93.8 cm³/mol. The van der Waals surface area contributed by atoms with Gasteiger partial charge in [0.1, 0.15) is 5.82 Å². The van der Waals surface area contributed by atoms with Gasteiger partial charge in [0.25, 0.3) is 5.91 Å². The number of benzene rings is 2. The van der Waals surface area contributed by atoms with Crippen molar-refractivity contribution < 1.29 is 14.0 Å². The number of hydrogen-bond acceptors (Lipinski definition) is 2. The van der Waals surface area contributed by atoms with E-state index in [1.807, 2.05) is 4.90 Å². The molecule has 3 amide bonds. The van der Waals surface area contributed by atoms with Gasteiger partial charge in [-0.15, -0.1) is 0 Å². The summed E-state index contributed by atoms with van der Waals surface area (Å²) in [6.45, 7) is 1.36. The van der Waals surface area contributed by atoms with E-state index in [4.69, 9.17) is 5.73 Å². The van der Waals surface area contributed by atoms with E-state index in [9.17, 15) is 14.0 Å². The number of nitrogens with two attached hydrogens (primary N) is 1. The average molecular weight is 341 g/mol. The minimum Gasteiger partial charge on any atom is -0.351 e. The molecule has 0 spiro atoms. The number of nitrogens with one attached hydrogen (secondary N) is 1. The summed E-state index contributed by atoms with van der Waals surface area (Å²) in [7, 11) is 0. The normalized spacial score (nSPS) is 16.7. The van der Waals surface area contributed by atoms with Crippen molar-refractivity contribution in [3.63, 3.8) is 0 Å². The second-order valence-corrected chi connectivity index (χ2v) is 6.31. The molecule has 3 rings (SSSR count). The van der Waals surface area contributed by atoms with Crippen LogP contribution in [0.5, 0.6) is 0 Å². The SMILES string of the molecule is NC(=O)Nc1cccc(C(=O)N2CCC(Cc3ccc(F)cc3)C2)c1. The first-order valence-corrected chi connectivity index (χ1v) is 8.21. The molecule has 130 valence electrons. The van der Waals surface area contributed by atoms with Crippen LogP contribution in [-0.4, -0.2) is 29.9 Å². The third-order valence-electron chi connectivity index (χ3n) is 4.39. The summed E-state index contributed by atoms with van der Waals surface area (Å²) in [6, 6.07) is 12.6. The molecule has 0 bridgehead atoms. The van der Waals surface area contributed by atoms with Crippen molar-refractivity contribution >= 4 is 17.6 Å². The summed E-state index contributed by atoms with van der Waals surface area (Å²) in [6.07, 6.45) is 1.75. The number of primary amides is 1. The highest BCUT2D eigenvalue weighted by atomic mass is 19.1. The zero-order valence-electron chi connectivity index (χ0n) is 13.7. The van der Waals surface area contributed by atoms with Gasteiger partial charge in [-0.05, 0) is 54.7 Å². The molecule has 0 radical (unpaired) electrons. The second-order valence-electron chi connectivity index (χ2n) is 6.31. The maximum atomic E-state index is 13.0. The highest BCUT2D eigenvalue weighted by molar-refractivity contribution is 5.96. The lowest BCUT2D eigenvalue weighted by atomic mass is 9.99. The quantitative estimate of drug-likeness (QED) is 0.897. The fourth-order valence-corrected chi connectivity index (χ4v) is 3.19. The number of nitrogens with zero attached hydrogens (tertiary/aromatic N) is 1. The molecule has 1 heterocycles. The lowest BCUT2D eigenvalue weighted by molar-refractivity contribution is 0.0787. The van der Waals surface area contributed by atoms with Gasteiger partial charge in [0.15, 0.2) is 0 Å². The van der Waals surface area contributed by atoms with Gasteiger partial charge in [-0.1, -0.05) is 18.2 Å². The van der Waals surface area contributed by atoms with Crippen molar-refractivity contribution in [3.05, 3.63) is 65.5 Å². The monoisotopic (exact) mass is 341 g/mol. The number of amides is 3. The summed E-state index contributed by atoms with van der Waals surface area (Å²) in [5.74, 6) is 0.0625. The van der Waals surface area contributed by atoms with Crippen molar-refractivity contribution in [2.75, 3.05) is 18.4 Å². The molecule has 0 aromatic heterocycles. The lowest BCUT2D eigenvalue weighted by Crippen LogP contribution is -2.29. The number of carbonyl (C=O) groups is 2. The highest BCUT2D eigenvalue weighted by Gasteiger charge is 2.27. The molecule has 1 aliphatic rings. The van der Waals surface area contributed by atoms with E-state index in [-0.39, 0.29) is 11.7 Å². The summed E-state index contributed by atoms with van der Waals surface area (Å²) < 4.78 is 13.0. The average Bonchev–Trinajstić information content (AvgIpc) is 3.04. The molecule has 2 aromatic carbocycles. The van der Waals surface area contributed by atoms with Gasteiger partial charge >= 0.3 is 6.03 Å². The standard InChI is InChI=1S/C19H20FN3O2/c20-16-6-4-13(5-7-16)10-14-8-9-23(12-14)18(24)15-2-1-3-17(11-15)22-19(21)25/h1-7,11,14H,8-10,12H2,(H3,21,22,25).